The van der Waals surface area contributed by atoms with E-state index < -0.39 is 0 Å². The van der Waals surface area contributed by atoms with Crippen LogP contribution >= 0.6 is 34.2 Å². The molecule has 0 saturated heterocycles. The van der Waals surface area contributed by atoms with E-state index in [2.05, 4.69) is 54.5 Å². The maximum atomic E-state index is 6.02. The van der Waals surface area contributed by atoms with Crippen LogP contribution in [0.3, 0.4) is 0 Å². The van der Waals surface area contributed by atoms with Crippen molar-refractivity contribution in [3.05, 3.63) is 34.9 Å². The molecular formula is C21H32ClIN+. The average molecular weight is 461 g/mol. The van der Waals surface area contributed by atoms with Gasteiger partial charge in [-0.25, -0.2) is 0 Å². The Bertz CT molecular complexity index is 482. The molecule has 1 rings (SSSR count). The topological polar surface area (TPSA) is 0 Å². The molecule has 0 fully saturated rings. The highest BCUT2D eigenvalue weighted by Gasteiger charge is 2.33. The first-order valence-electron chi connectivity index (χ1n) is 9.25. The van der Waals surface area contributed by atoms with E-state index in [1.807, 2.05) is 12.1 Å². The van der Waals surface area contributed by atoms with Crippen molar-refractivity contribution in [1.29, 1.82) is 0 Å². The van der Waals surface area contributed by atoms with Gasteiger partial charge in [0.05, 0.1) is 13.1 Å². The van der Waals surface area contributed by atoms with Crippen molar-refractivity contribution >= 4 is 34.2 Å². The lowest BCUT2D eigenvalue weighted by molar-refractivity contribution is -0.927. The fraction of sp³-hybridized carbons (Fsp3) is 0.619. The van der Waals surface area contributed by atoms with Crippen molar-refractivity contribution in [3.63, 3.8) is 0 Å². The molecule has 1 aromatic rings. The van der Waals surface area contributed by atoms with Gasteiger partial charge in [0.2, 0.25) is 0 Å². The van der Waals surface area contributed by atoms with Crippen LogP contribution in [0, 0.1) is 12.3 Å². The molecule has 0 spiro atoms. The van der Waals surface area contributed by atoms with Crippen LogP contribution in [-0.2, 0) is 6.42 Å². The van der Waals surface area contributed by atoms with Crippen LogP contribution in [0.1, 0.15) is 57.9 Å². The number of terminal acetylenes is 1. The zero-order chi connectivity index (χ0) is 17.8. The van der Waals surface area contributed by atoms with E-state index in [0.717, 1.165) is 22.5 Å². The van der Waals surface area contributed by atoms with Crippen LogP contribution in [0.5, 0.6) is 0 Å². The lowest BCUT2D eigenvalue weighted by Gasteiger charge is -2.42. The Labute approximate surface area is 167 Å². The summed E-state index contributed by atoms with van der Waals surface area (Å²) in [5, 5.41) is 0.805. The predicted octanol–water partition coefficient (Wildman–Crippen LogP) is 6.47. The molecule has 0 radical (unpaired) electrons. The van der Waals surface area contributed by atoms with Crippen molar-refractivity contribution in [2.75, 3.05) is 19.6 Å². The summed E-state index contributed by atoms with van der Waals surface area (Å²) in [6, 6.07) is 8.28. The number of quaternary nitrogens is 1. The molecule has 0 aromatic heterocycles. The number of nitrogens with zero attached hydrogens (tertiary/aromatic N) is 1. The van der Waals surface area contributed by atoms with Crippen LogP contribution in [0.15, 0.2) is 24.3 Å². The molecule has 0 aliphatic carbocycles. The maximum Gasteiger partial charge on any atom is 0.144 e. The summed E-state index contributed by atoms with van der Waals surface area (Å²) in [4.78, 5) is 0. The second-order valence-corrected chi connectivity index (χ2v) is 8.58. The molecule has 0 amide bonds. The Morgan fingerprint density at radius 3 is 2.04 bits per heavy atom. The molecule has 0 heterocycles. The molecule has 1 aromatic carbocycles. The van der Waals surface area contributed by atoms with E-state index in [1.165, 1.54) is 57.2 Å². The number of benzene rings is 1. The van der Waals surface area contributed by atoms with Gasteiger partial charge >= 0.3 is 0 Å². The number of halogens is 2. The summed E-state index contributed by atoms with van der Waals surface area (Å²) in [5.41, 5.74) is 1.35. The third kappa shape index (κ3) is 7.33. The van der Waals surface area contributed by atoms with Gasteiger partial charge in [-0.1, -0.05) is 50.4 Å². The Kier molecular flexibility index (Phi) is 11.1. The van der Waals surface area contributed by atoms with Gasteiger partial charge in [-0.3, -0.25) is 0 Å². The van der Waals surface area contributed by atoms with Crippen molar-refractivity contribution in [2.45, 2.75) is 62.8 Å². The minimum atomic E-state index is 0.508. The molecule has 3 heteroatoms. The minimum Gasteiger partial charge on any atom is -0.303 e. The molecule has 0 aliphatic rings. The summed E-state index contributed by atoms with van der Waals surface area (Å²) in [7, 11) is 0. The summed E-state index contributed by atoms with van der Waals surface area (Å²) in [6.45, 7) is 7.77. The van der Waals surface area contributed by atoms with Crippen LogP contribution in [-0.4, -0.2) is 28.2 Å². The lowest BCUT2D eigenvalue weighted by atomic mass is 10.1. The van der Waals surface area contributed by atoms with E-state index in [-0.39, 0.29) is 0 Å². The van der Waals surface area contributed by atoms with Gasteiger partial charge in [0.25, 0.3) is 0 Å². The number of hydrogen-bond acceptors (Lipinski definition) is 0. The number of hydrogen-bond donors (Lipinski definition) is 0. The normalized spacial score (nSPS) is 12.8. The molecule has 24 heavy (non-hydrogen) atoms. The molecule has 1 nitrogen and oxygen atoms in total. The van der Waals surface area contributed by atoms with Gasteiger partial charge in [0, 0.05) is 11.4 Å². The van der Waals surface area contributed by atoms with E-state index in [1.54, 1.807) is 0 Å². The zero-order valence-corrected chi connectivity index (χ0v) is 18.2. The summed E-state index contributed by atoms with van der Waals surface area (Å²) < 4.78 is 1.56. The van der Waals surface area contributed by atoms with Gasteiger partial charge in [-0.05, 0) is 71.9 Å². The molecule has 134 valence electrons. The number of unbranched alkanes of at least 4 members (excludes halogenated alkanes) is 4. The third-order valence-corrected chi connectivity index (χ3v) is 6.61. The summed E-state index contributed by atoms with van der Waals surface area (Å²) in [5.74, 6) is 2.98. The Morgan fingerprint density at radius 2 is 1.58 bits per heavy atom. The minimum absolute atomic E-state index is 0.508. The van der Waals surface area contributed by atoms with Gasteiger partial charge in [0.1, 0.15) is 10.6 Å². The number of rotatable bonds is 12. The van der Waals surface area contributed by atoms with Crippen molar-refractivity contribution < 1.29 is 4.48 Å². The molecule has 0 N–H and O–H groups in total. The number of alkyl halides is 1. The van der Waals surface area contributed by atoms with E-state index in [4.69, 9.17) is 18.0 Å². The Hall–Kier alpha value is -0.240. The quantitative estimate of drug-likeness (QED) is 0.0837. The predicted molar refractivity (Wildman–Crippen MR) is 116 cm³/mol. The fourth-order valence-electron chi connectivity index (χ4n) is 3.19. The highest BCUT2D eigenvalue weighted by Crippen LogP contribution is 2.27. The standard InChI is InChI=1S/C21H32ClIN/c1-4-7-9-16-24(15-6-3,17-10-8-5-2)21(23)18-19-11-13-20(22)14-12-19/h3,11-14,21H,4-5,7-10,15-18H2,1-2H3/q+1. The third-order valence-electron chi connectivity index (χ3n) is 4.73. The van der Waals surface area contributed by atoms with Crippen molar-refractivity contribution in [2.24, 2.45) is 0 Å². The van der Waals surface area contributed by atoms with Gasteiger partial charge in [-0.15, -0.1) is 6.42 Å². The van der Waals surface area contributed by atoms with Crippen molar-refractivity contribution in [3.8, 4) is 12.3 Å². The highest BCUT2D eigenvalue weighted by molar-refractivity contribution is 14.1. The van der Waals surface area contributed by atoms with E-state index in [0.29, 0.717) is 4.05 Å². The second kappa shape index (κ2) is 12.2. The Morgan fingerprint density at radius 1 is 1.04 bits per heavy atom. The zero-order valence-electron chi connectivity index (χ0n) is 15.2. The molecular weight excluding hydrogens is 429 g/mol. The van der Waals surface area contributed by atoms with Gasteiger partial charge in [0.15, 0.2) is 0 Å². The molecule has 0 saturated carbocycles. The van der Waals surface area contributed by atoms with Crippen LogP contribution in [0.4, 0.5) is 0 Å². The van der Waals surface area contributed by atoms with E-state index in [9.17, 15) is 0 Å². The first-order chi connectivity index (χ1) is 11.6. The van der Waals surface area contributed by atoms with Crippen LogP contribution in [0.2, 0.25) is 5.02 Å². The SMILES string of the molecule is C#CC[N+](CCCCC)(CCCCC)C(I)Cc1ccc(Cl)cc1. The fourth-order valence-corrected chi connectivity index (χ4v) is 4.58. The summed E-state index contributed by atoms with van der Waals surface area (Å²) in [6.07, 6.45) is 14.5. The highest BCUT2D eigenvalue weighted by atomic mass is 127. The van der Waals surface area contributed by atoms with Gasteiger partial charge < -0.3 is 4.48 Å². The smallest absolute Gasteiger partial charge is 0.144 e. The second-order valence-electron chi connectivity index (χ2n) is 6.71. The Balaban J connectivity index is 2.88. The first kappa shape index (κ1) is 21.8. The molecule has 0 bridgehead atoms. The first-order valence-corrected chi connectivity index (χ1v) is 10.9. The maximum absolute atomic E-state index is 6.02. The van der Waals surface area contributed by atoms with Crippen LogP contribution in [0.25, 0.3) is 0 Å². The molecule has 1 unspecified atom stereocenters. The largest absolute Gasteiger partial charge is 0.303 e. The average Bonchev–Trinajstić information content (AvgIpc) is 2.57. The van der Waals surface area contributed by atoms with Crippen molar-refractivity contribution in [1.82, 2.24) is 0 Å². The van der Waals surface area contributed by atoms with Crippen LogP contribution < -0.4 is 0 Å². The van der Waals surface area contributed by atoms with Gasteiger partial charge in [-0.2, -0.15) is 0 Å². The molecule has 0 aliphatic heterocycles. The summed E-state index contributed by atoms with van der Waals surface area (Å²) >= 11 is 8.66. The monoisotopic (exact) mass is 460 g/mol. The lowest BCUT2D eigenvalue weighted by Crippen LogP contribution is -2.55. The molecule has 1 atom stereocenters. The van der Waals surface area contributed by atoms with E-state index >= 15 is 0 Å².